The third-order valence-corrected chi connectivity index (χ3v) is 4.67. The third kappa shape index (κ3) is 4.72. The summed E-state index contributed by atoms with van der Waals surface area (Å²) in [7, 11) is 0. The number of carbonyl (C=O) groups is 1. The van der Waals surface area contributed by atoms with Crippen molar-refractivity contribution in [3.05, 3.63) is 95.3 Å². The summed E-state index contributed by atoms with van der Waals surface area (Å²) >= 11 is 0. The van der Waals surface area contributed by atoms with Crippen LogP contribution in [0.3, 0.4) is 0 Å². The Balaban J connectivity index is 1.30. The van der Waals surface area contributed by atoms with E-state index in [1.54, 1.807) is 6.07 Å². The topological polar surface area (TPSA) is 73.2 Å². The Hall–Kier alpha value is -3.93. The Bertz CT molecular complexity index is 1220. The minimum absolute atomic E-state index is 0.0925. The first-order valence-electron chi connectivity index (χ1n) is 9.71. The summed E-state index contributed by atoms with van der Waals surface area (Å²) in [5.74, 6) is 0.382. The van der Waals surface area contributed by atoms with Gasteiger partial charge in [-0.2, -0.15) is 5.10 Å². The highest BCUT2D eigenvalue weighted by atomic mass is 16.5. The van der Waals surface area contributed by atoms with E-state index in [1.165, 1.54) is 10.7 Å². The van der Waals surface area contributed by atoms with Crippen LogP contribution in [-0.4, -0.2) is 28.8 Å². The van der Waals surface area contributed by atoms with Crippen LogP contribution < -0.4 is 15.6 Å². The minimum atomic E-state index is -0.254. The van der Waals surface area contributed by atoms with E-state index in [1.807, 2.05) is 72.8 Å². The second-order valence-electron chi connectivity index (χ2n) is 6.79. The molecular weight excluding hydrogens is 378 g/mol. The predicted molar refractivity (Wildman–Crippen MR) is 116 cm³/mol. The Labute approximate surface area is 173 Å². The molecule has 0 spiro atoms. The van der Waals surface area contributed by atoms with E-state index in [9.17, 15) is 9.59 Å². The number of fused-ring (bicyclic) bond motifs is 1. The zero-order valence-corrected chi connectivity index (χ0v) is 16.3. The number of carbonyl (C=O) groups excluding carboxylic acids is 1. The molecule has 4 rings (SSSR count). The summed E-state index contributed by atoms with van der Waals surface area (Å²) in [6.07, 6.45) is 0. The first-order chi connectivity index (χ1) is 14.7. The number of amides is 1. The summed E-state index contributed by atoms with van der Waals surface area (Å²) < 4.78 is 6.94. The van der Waals surface area contributed by atoms with E-state index >= 15 is 0 Å². The van der Waals surface area contributed by atoms with Crippen LogP contribution in [0, 0.1) is 0 Å². The molecule has 1 aromatic heterocycles. The number of nitrogens with one attached hydrogen (secondary N) is 1. The highest BCUT2D eigenvalue weighted by Gasteiger charge is 2.06. The second-order valence-corrected chi connectivity index (χ2v) is 6.79. The van der Waals surface area contributed by atoms with Crippen LogP contribution >= 0.6 is 0 Å². The molecule has 0 aliphatic carbocycles. The fraction of sp³-hybridized carbons (Fsp3) is 0.125. The van der Waals surface area contributed by atoms with E-state index in [4.69, 9.17) is 4.74 Å². The Kier molecular flexibility index (Phi) is 5.85. The van der Waals surface area contributed by atoms with Gasteiger partial charge in [-0.25, -0.2) is 4.68 Å². The maximum Gasteiger partial charge on any atom is 0.266 e. The first-order valence-corrected chi connectivity index (χ1v) is 9.71. The first kappa shape index (κ1) is 19.4. The van der Waals surface area contributed by atoms with E-state index in [0.29, 0.717) is 11.4 Å². The van der Waals surface area contributed by atoms with Gasteiger partial charge in [0.05, 0.1) is 12.2 Å². The van der Waals surface area contributed by atoms with Gasteiger partial charge in [-0.05, 0) is 29.0 Å². The van der Waals surface area contributed by atoms with Gasteiger partial charge in [0.2, 0.25) is 0 Å². The van der Waals surface area contributed by atoms with Crippen molar-refractivity contribution in [3.63, 3.8) is 0 Å². The molecule has 0 unspecified atom stereocenters. The molecule has 1 amide bonds. The molecule has 0 fully saturated rings. The molecule has 0 atom stereocenters. The lowest BCUT2D eigenvalue weighted by Gasteiger charge is -2.10. The molecule has 0 radical (unpaired) electrons. The lowest BCUT2D eigenvalue weighted by molar-refractivity contribution is -0.123. The molecule has 4 aromatic rings. The summed E-state index contributed by atoms with van der Waals surface area (Å²) in [4.78, 5) is 24.2. The van der Waals surface area contributed by atoms with Crippen LogP contribution in [0.5, 0.6) is 5.75 Å². The van der Waals surface area contributed by atoms with Crippen molar-refractivity contribution in [1.29, 1.82) is 0 Å². The second kappa shape index (κ2) is 9.05. The molecule has 1 heterocycles. The van der Waals surface area contributed by atoms with Crippen LogP contribution in [0.1, 0.15) is 0 Å². The molecule has 0 aliphatic rings. The number of benzene rings is 3. The van der Waals surface area contributed by atoms with Gasteiger partial charge >= 0.3 is 0 Å². The van der Waals surface area contributed by atoms with Crippen LogP contribution in [-0.2, 0) is 11.3 Å². The zero-order valence-electron chi connectivity index (χ0n) is 16.3. The average molecular weight is 399 g/mol. The largest absolute Gasteiger partial charge is 0.484 e. The summed E-state index contributed by atoms with van der Waals surface area (Å²) in [6, 6.07) is 26.5. The van der Waals surface area contributed by atoms with Crippen molar-refractivity contribution < 1.29 is 9.53 Å². The molecule has 0 bridgehead atoms. The molecule has 1 N–H and O–H groups in total. The maximum absolute atomic E-state index is 12.1. The van der Waals surface area contributed by atoms with Crippen molar-refractivity contribution in [2.24, 2.45) is 0 Å². The van der Waals surface area contributed by atoms with E-state index in [0.717, 1.165) is 16.3 Å². The molecule has 0 saturated heterocycles. The van der Waals surface area contributed by atoms with Crippen LogP contribution in [0.25, 0.3) is 22.0 Å². The van der Waals surface area contributed by atoms with Gasteiger partial charge in [0, 0.05) is 18.2 Å². The van der Waals surface area contributed by atoms with Crippen molar-refractivity contribution >= 4 is 16.7 Å². The van der Waals surface area contributed by atoms with Gasteiger partial charge in [-0.15, -0.1) is 0 Å². The number of hydrogen-bond donors (Lipinski definition) is 1. The number of hydrogen-bond acceptors (Lipinski definition) is 4. The highest BCUT2D eigenvalue weighted by Crippen LogP contribution is 2.20. The van der Waals surface area contributed by atoms with E-state index < -0.39 is 0 Å². The van der Waals surface area contributed by atoms with Crippen LogP contribution in [0.2, 0.25) is 0 Å². The zero-order chi connectivity index (χ0) is 20.8. The van der Waals surface area contributed by atoms with Crippen molar-refractivity contribution in [3.8, 4) is 17.0 Å². The van der Waals surface area contributed by atoms with Gasteiger partial charge in [0.15, 0.2) is 6.61 Å². The van der Waals surface area contributed by atoms with Crippen molar-refractivity contribution in [2.75, 3.05) is 13.2 Å². The van der Waals surface area contributed by atoms with Crippen LogP contribution in [0.15, 0.2) is 89.7 Å². The van der Waals surface area contributed by atoms with E-state index in [2.05, 4.69) is 10.4 Å². The molecule has 0 aliphatic heterocycles. The fourth-order valence-corrected chi connectivity index (χ4v) is 3.13. The third-order valence-electron chi connectivity index (χ3n) is 4.67. The predicted octanol–water partition coefficient (Wildman–Crippen LogP) is 3.26. The monoisotopic (exact) mass is 399 g/mol. The van der Waals surface area contributed by atoms with Gasteiger partial charge in [0.1, 0.15) is 5.75 Å². The molecule has 30 heavy (non-hydrogen) atoms. The SMILES string of the molecule is O=C(COc1ccc2ccccc2c1)NCCn1nc(-c2ccccc2)ccc1=O. The molecule has 6 nitrogen and oxygen atoms in total. The minimum Gasteiger partial charge on any atom is -0.484 e. The Morgan fingerprint density at radius 3 is 2.50 bits per heavy atom. The summed E-state index contributed by atoms with van der Waals surface area (Å²) in [6.45, 7) is 0.469. The highest BCUT2D eigenvalue weighted by molar-refractivity contribution is 5.84. The number of aromatic nitrogens is 2. The number of ether oxygens (including phenoxy) is 1. The lowest BCUT2D eigenvalue weighted by Crippen LogP contribution is -2.34. The maximum atomic E-state index is 12.1. The van der Waals surface area contributed by atoms with Gasteiger partial charge in [0.25, 0.3) is 11.5 Å². The molecular formula is C24H21N3O3. The van der Waals surface area contributed by atoms with Gasteiger partial charge < -0.3 is 10.1 Å². The normalized spacial score (nSPS) is 10.7. The number of rotatable bonds is 7. The Morgan fingerprint density at radius 2 is 1.67 bits per heavy atom. The van der Waals surface area contributed by atoms with Crippen LogP contribution in [0.4, 0.5) is 0 Å². The van der Waals surface area contributed by atoms with Gasteiger partial charge in [-0.1, -0.05) is 60.7 Å². The average Bonchev–Trinajstić information content (AvgIpc) is 2.79. The van der Waals surface area contributed by atoms with Crippen molar-refractivity contribution in [1.82, 2.24) is 15.1 Å². The molecule has 150 valence electrons. The smallest absolute Gasteiger partial charge is 0.266 e. The van der Waals surface area contributed by atoms with E-state index in [-0.39, 0.29) is 31.2 Å². The summed E-state index contributed by atoms with van der Waals surface area (Å²) in [5, 5.41) is 9.32. The van der Waals surface area contributed by atoms with Gasteiger partial charge in [-0.3, -0.25) is 9.59 Å². The summed E-state index contributed by atoms with van der Waals surface area (Å²) in [5.41, 5.74) is 1.43. The quantitative estimate of drug-likeness (QED) is 0.518. The fourth-order valence-electron chi connectivity index (χ4n) is 3.13. The lowest BCUT2D eigenvalue weighted by atomic mass is 10.1. The number of nitrogens with zero attached hydrogens (tertiary/aromatic N) is 2. The standard InChI is InChI=1S/C24H21N3O3/c28-23(17-30-21-11-10-18-6-4-5-9-20(18)16-21)25-14-15-27-24(29)13-12-22(26-27)19-7-2-1-3-8-19/h1-13,16H,14-15,17H2,(H,25,28). The van der Waals surface area contributed by atoms with Crippen molar-refractivity contribution in [2.45, 2.75) is 6.54 Å². The Morgan fingerprint density at radius 1 is 0.900 bits per heavy atom. The molecule has 3 aromatic carbocycles. The molecule has 0 saturated carbocycles. The molecule has 6 heteroatoms.